The van der Waals surface area contributed by atoms with Crippen LogP contribution in [0.25, 0.3) is 0 Å². The van der Waals surface area contributed by atoms with Crippen molar-refractivity contribution in [3.63, 3.8) is 0 Å². The number of benzene rings is 1. The highest BCUT2D eigenvalue weighted by Gasteiger charge is 2.21. The molecule has 0 spiro atoms. The molecule has 0 aliphatic heterocycles. The van der Waals surface area contributed by atoms with E-state index >= 15 is 0 Å². The topological polar surface area (TPSA) is 107 Å². The Balaban J connectivity index is 2.06. The van der Waals surface area contributed by atoms with E-state index in [0.29, 0.717) is 22.3 Å². The molecule has 9 heteroatoms. The molecule has 3 N–H and O–H groups in total. The quantitative estimate of drug-likeness (QED) is 0.421. The van der Waals surface area contributed by atoms with Crippen LogP contribution in [0.4, 0.5) is 11.5 Å². The van der Waals surface area contributed by atoms with Crippen LogP contribution in [0.5, 0.6) is 0 Å². The fraction of sp³-hybridized carbons (Fsp3) is 0.294. The predicted molar refractivity (Wildman–Crippen MR) is 102 cm³/mol. The summed E-state index contributed by atoms with van der Waals surface area (Å²) >= 11 is 7.01. The zero-order chi connectivity index (χ0) is 19.1. The Hall–Kier alpha value is -2.32. The highest BCUT2D eigenvalue weighted by molar-refractivity contribution is 8.00. The van der Waals surface area contributed by atoms with Crippen LogP contribution in [0.3, 0.4) is 0 Å². The summed E-state index contributed by atoms with van der Waals surface area (Å²) in [7, 11) is 0. The molecule has 0 bridgehead atoms. The third-order valence-electron chi connectivity index (χ3n) is 3.31. The summed E-state index contributed by atoms with van der Waals surface area (Å²) < 4.78 is 4.88. The Morgan fingerprint density at radius 2 is 2.00 bits per heavy atom. The van der Waals surface area contributed by atoms with E-state index in [1.54, 1.807) is 31.2 Å². The van der Waals surface area contributed by atoms with Crippen LogP contribution in [0, 0.1) is 0 Å². The van der Waals surface area contributed by atoms with Crippen molar-refractivity contribution in [2.45, 2.75) is 30.7 Å². The number of nitrogen functional groups attached to an aromatic ring is 1. The maximum absolute atomic E-state index is 12.5. The number of halogens is 1. The smallest absolute Gasteiger partial charge is 0.343 e. The molecule has 2 rings (SSSR count). The van der Waals surface area contributed by atoms with Crippen molar-refractivity contribution in [3.05, 3.63) is 41.0 Å². The summed E-state index contributed by atoms with van der Waals surface area (Å²) in [5.41, 5.74) is 6.56. The second-order valence-electron chi connectivity index (χ2n) is 5.18. The number of carbonyl (C=O) groups is 2. The SMILES string of the molecule is CCOC(=O)c1cnc(SC(CC)C(=O)Nc2ccc(Cl)cc2)nc1N. The molecule has 1 heterocycles. The zero-order valence-corrected chi connectivity index (χ0v) is 15.9. The molecule has 138 valence electrons. The lowest BCUT2D eigenvalue weighted by molar-refractivity contribution is -0.115. The lowest BCUT2D eigenvalue weighted by Gasteiger charge is -2.14. The number of thioether (sulfide) groups is 1. The summed E-state index contributed by atoms with van der Waals surface area (Å²) in [4.78, 5) is 32.4. The van der Waals surface area contributed by atoms with Crippen molar-refractivity contribution in [2.24, 2.45) is 0 Å². The van der Waals surface area contributed by atoms with E-state index in [1.165, 1.54) is 18.0 Å². The summed E-state index contributed by atoms with van der Waals surface area (Å²) in [5.74, 6) is -0.737. The van der Waals surface area contributed by atoms with E-state index in [0.717, 1.165) is 0 Å². The molecule has 1 amide bonds. The highest BCUT2D eigenvalue weighted by atomic mass is 35.5. The molecule has 0 saturated heterocycles. The summed E-state index contributed by atoms with van der Waals surface area (Å²) in [5, 5.41) is 3.31. The lowest BCUT2D eigenvalue weighted by atomic mass is 10.3. The van der Waals surface area contributed by atoms with Crippen molar-refractivity contribution >= 4 is 46.7 Å². The van der Waals surface area contributed by atoms with Gasteiger partial charge in [0.05, 0.1) is 11.9 Å². The van der Waals surface area contributed by atoms with Crippen LogP contribution in [0.2, 0.25) is 5.02 Å². The first kappa shape index (κ1) is 20.0. The first-order valence-electron chi connectivity index (χ1n) is 7.97. The molecule has 26 heavy (non-hydrogen) atoms. The van der Waals surface area contributed by atoms with E-state index in [9.17, 15) is 9.59 Å². The van der Waals surface area contributed by atoms with Crippen LogP contribution in [0.1, 0.15) is 30.6 Å². The van der Waals surface area contributed by atoms with Crippen LogP contribution < -0.4 is 11.1 Å². The predicted octanol–water partition coefficient (Wildman–Crippen LogP) is 3.40. The van der Waals surface area contributed by atoms with Crippen molar-refractivity contribution in [1.82, 2.24) is 9.97 Å². The molecule has 2 aromatic rings. The van der Waals surface area contributed by atoms with Gasteiger partial charge in [0.15, 0.2) is 5.16 Å². The Morgan fingerprint density at radius 1 is 1.31 bits per heavy atom. The second kappa shape index (κ2) is 9.40. The van der Waals surface area contributed by atoms with Crippen molar-refractivity contribution < 1.29 is 14.3 Å². The summed E-state index contributed by atoms with van der Waals surface area (Å²) in [6.45, 7) is 3.82. The average molecular weight is 395 g/mol. The average Bonchev–Trinajstić information content (AvgIpc) is 2.61. The third-order valence-corrected chi connectivity index (χ3v) is 4.81. The maximum atomic E-state index is 12.5. The van der Waals surface area contributed by atoms with Gasteiger partial charge in [0, 0.05) is 16.9 Å². The van der Waals surface area contributed by atoms with Gasteiger partial charge in [0.25, 0.3) is 0 Å². The zero-order valence-electron chi connectivity index (χ0n) is 14.4. The van der Waals surface area contributed by atoms with Crippen LogP contribution in [-0.4, -0.2) is 33.7 Å². The Labute approximate surface area is 160 Å². The molecular weight excluding hydrogens is 376 g/mol. The molecule has 0 radical (unpaired) electrons. The van der Waals surface area contributed by atoms with Gasteiger partial charge in [0.1, 0.15) is 11.4 Å². The second-order valence-corrected chi connectivity index (χ2v) is 6.79. The van der Waals surface area contributed by atoms with Gasteiger partial charge in [-0.3, -0.25) is 4.79 Å². The molecule has 0 fully saturated rings. The lowest BCUT2D eigenvalue weighted by Crippen LogP contribution is -2.25. The number of aromatic nitrogens is 2. The number of hydrogen-bond acceptors (Lipinski definition) is 7. The highest BCUT2D eigenvalue weighted by Crippen LogP contribution is 2.25. The molecule has 1 aromatic heterocycles. The number of esters is 1. The number of hydrogen-bond donors (Lipinski definition) is 2. The number of carbonyl (C=O) groups excluding carboxylic acids is 2. The van der Waals surface area contributed by atoms with Crippen LogP contribution in [0.15, 0.2) is 35.6 Å². The standard InChI is InChI=1S/C17H19ClN4O3S/c1-3-13(15(23)21-11-7-5-10(18)6-8-11)26-17-20-9-12(14(19)22-17)16(24)25-4-2/h5-9,13H,3-4H2,1-2H3,(H,21,23)(H2,19,20,22). The van der Waals surface area contributed by atoms with Crippen molar-refractivity contribution in [2.75, 3.05) is 17.7 Å². The van der Waals surface area contributed by atoms with Gasteiger partial charge >= 0.3 is 5.97 Å². The Morgan fingerprint density at radius 3 is 2.58 bits per heavy atom. The molecule has 7 nitrogen and oxygen atoms in total. The van der Waals surface area contributed by atoms with Gasteiger partial charge in [-0.15, -0.1) is 0 Å². The summed E-state index contributed by atoms with van der Waals surface area (Å²) in [6.07, 6.45) is 1.87. The van der Waals surface area contributed by atoms with Gasteiger partial charge in [-0.2, -0.15) is 0 Å². The normalized spacial score (nSPS) is 11.7. The van der Waals surface area contributed by atoms with E-state index < -0.39 is 11.2 Å². The number of nitrogens with two attached hydrogens (primary N) is 1. The number of anilines is 2. The molecule has 1 aromatic carbocycles. The van der Waals surface area contributed by atoms with E-state index in [1.807, 2.05) is 6.92 Å². The summed E-state index contributed by atoms with van der Waals surface area (Å²) in [6, 6.07) is 6.84. The van der Waals surface area contributed by atoms with E-state index in [-0.39, 0.29) is 23.9 Å². The van der Waals surface area contributed by atoms with Gasteiger partial charge < -0.3 is 15.8 Å². The third kappa shape index (κ3) is 5.34. The minimum atomic E-state index is -0.575. The number of nitrogens with zero attached hydrogens (tertiary/aromatic N) is 2. The van der Waals surface area contributed by atoms with Gasteiger partial charge in [0.2, 0.25) is 5.91 Å². The molecule has 0 aliphatic carbocycles. The molecule has 0 aliphatic rings. The minimum Gasteiger partial charge on any atom is -0.462 e. The van der Waals surface area contributed by atoms with Gasteiger partial charge in [-0.25, -0.2) is 14.8 Å². The van der Waals surface area contributed by atoms with Crippen molar-refractivity contribution in [3.8, 4) is 0 Å². The number of amides is 1. The van der Waals surface area contributed by atoms with Gasteiger partial charge in [-0.1, -0.05) is 30.3 Å². The number of nitrogens with one attached hydrogen (secondary N) is 1. The first-order valence-corrected chi connectivity index (χ1v) is 9.23. The Kier molecular flexibility index (Phi) is 7.23. The molecule has 1 atom stereocenters. The monoisotopic (exact) mass is 394 g/mol. The van der Waals surface area contributed by atoms with Crippen molar-refractivity contribution in [1.29, 1.82) is 0 Å². The maximum Gasteiger partial charge on any atom is 0.343 e. The molecular formula is C17H19ClN4O3S. The van der Waals surface area contributed by atoms with E-state index in [2.05, 4.69) is 15.3 Å². The number of ether oxygens (including phenoxy) is 1. The molecule has 1 unspecified atom stereocenters. The largest absolute Gasteiger partial charge is 0.462 e. The number of rotatable bonds is 7. The molecule has 0 saturated carbocycles. The van der Waals surface area contributed by atoms with Crippen LogP contribution in [-0.2, 0) is 9.53 Å². The van der Waals surface area contributed by atoms with E-state index in [4.69, 9.17) is 22.1 Å². The minimum absolute atomic E-state index is 0.0221. The fourth-order valence-electron chi connectivity index (χ4n) is 2.01. The van der Waals surface area contributed by atoms with Gasteiger partial charge in [-0.05, 0) is 37.6 Å². The fourth-order valence-corrected chi connectivity index (χ4v) is 2.98. The first-order chi connectivity index (χ1) is 12.4. The van der Waals surface area contributed by atoms with Crippen LogP contribution >= 0.6 is 23.4 Å². The Bertz CT molecular complexity index is 786.